The highest BCUT2D eigenvalue weighted by molar-refractivity contribution is 9.10. The second-order valence-electron chi connectivity index (χ2n) is 6.62. The molecule has 0 aliphatic heterocycles. The van der Waals surface area contributed by atoms with Crippen LogP contribution in [0.4, 0.5) is 0 Å². The lowest BCUT2D eigenvalue weighted by molar-refractivity contribution is -0.139. The van der Waals surface area contributed by atoms with Crippen LogP contribution < -0.4 is 4.74 Å². The summed E-state index contributed by atoms with van der Waals surface area (Å²) in [6.07, 6.45) is 3.27. The second-order valence-corrected chi connectivity index (χ2v) is 8.54. The van der Waals surface area contributed by atoms with Crippen molar-refractivity contribution in [2.45, 2.75) is 18.2 Å². The Labute approximate surface area is 189 Å². The molecule has 0 radical (unpaired) electrons. The van der Waals surface area contributed by atoms with Gasteiger partial charge in [0.15, 0.2) is 6.61 Å². The van der Waals surface area contributed by atoms with Gasteiger partial charge < -0.3 is 9.84 Å². The molecule has 3 rings (SSSR count). The van der Waals surface area contributed by atoms with Crippen LogP contribution >= 0.6 is 27.7 Å². The smallest absolute Gasteiger partial charge is 0.341 e. The summed E-state index contributed by atoms with van der Waals surface area (Å²) in [6.45, 7) is 1.82. The minimum absolute atomic E-state index is 0.348. The maximum absolute atomic E-state index is 10.7. The molecular weight excluding hydrogens is 460 g/mol. The Hall–Kier alpha value is -2.50. The third-order valence-electron chi connectivity index (χ3n) is 4.52. The molecule has 0 saturated carbocycles. The van der Waals surface area contributed by atoms with E-state index in [2.05, 4.69) is 77.5 Å². The zero-order chi connectivity index (χ0) is 21.3. The number of hydrogen-bond donors (Lipinski definition) is 1. The molecule has 0 aliphatic carbocycles. The van der Waals surface area contributed by atoms with Gasteiger partial charge in [-0.1, -0.05) is 67.6 Å². The third-order valence-corrected chi connectivity index (χ3v) is 6.44. The lowest BCUT2D eigenvalue weighted by Crippen LogP contribution is -2.09. The standard InChI is InChI=1S/C25H23BrO3S/c1-2-18-7-6-10-20(15-18)22(19-8-4-3-5-9-19)13-14-30-24-12-11-21(16-23(24)26)29-17-25(27)28/h3-13,15-16H,2,14,17H2,1H3,(H,27,28). The third kappa shape index (κ3) is 6.25. The zero-order valence-electron chi connectivity index (χ0n) is 16.7. The first-order valence-corrected chi connectivity index (χ1v) is 11.5. The van der Waals surface area contributed by atoms with Gasteiger partial charge in [0.05, 0.1) is 0 Å². The van der Waals surface area contributed by atoms with Crippen LogP contribution in [-0.2, 0) is 11.2 Å². The average Bonchev–Trinajstić information content (AvgIpc) is 2.77. The summed E-state index contributed by atoms with van der Waals surface area (Å²) in [6, 6.07) is 24.7. The molecule has 0 atom stereocenters. The quantitative estimate of drug-likeness (QED) is 0.344. The van der Waals surface area contributed by atoms with Gasteiger partial charge in [-0.2, -0.15) is 0 Å². The van der Waals surface area contributed by atoms with Crippen LogP contribution in [0.5, 0.6) is 5.75 Å². The predicted octanol–water partition coefficient (Wildman–Crippen LogP) is 6.70. The molecule has 30 heavy (non-hydrogen) atoms. The minimum atomic E-state index is -0.990. The molecule has 0 fully saturated rings. The van der Waals surface area contributed by atoms with Crippen molar-refractivity contribution >= 4 is 39.2 Å². The molecule has 3 aromatic rings. The maximum Gasteiger partial charge on any atom is 0.341 e. The molecule has 3 nitrogen and oxygen atoms in total. The number of halogens is 1. The van der Waals surface area contributed by atoms with E-state index in [1.165, 1.54) is 22.3 Å². The molecule has 0 unspecified atom stereocenters. The number of ether oxygens (including phenoxy) is 1. The van der Waals surface area contributed by atoms with Crippen LogP contribution in [0.25, 0.3) is 5.57 Å². The van der Waals surface area contributed by atoms with Crippen LogP contribution in [0.15, 0.2) is 88.2 Å². The lowest BCUT2D eigenvalue weighted by Gasteiger charge is -2.11. The number of aryl methyl sites for hydroxylation is 1. The maximum atomic E-state index is 10.7. The zero-order valence-corrected chi connectivity index (χ0v) is 19.1. The summed E-state index contributed by atoms with van der Waals surface area (Å²) in [4.78, 5) is 11.7. The highest BCUT2D eigenvalue weighted by atomic mass is 79.9. The molecule has 0 saturated heterocycles. The molecule has 154 valence electrons. The fraction of sp³-hybridized carbons (Fsp3) is 0.160. The van der Waals surface area contributed by atoms with Gasteiger partial charge in [0.1, 0.15) is 5.75 Å². The number of carboxylic acids is 1. The number of hydrogen-bond acceptors (Lipinski definition) is 3. The SMILES string of the molecule is CCc1cccc(C(=CCSc2ccc(OCC(=O)O)cc2Br)c2ccccc2)c1. The predicted molar refractivity (Wildman–Crippen MR) is 127 cm³/mol. The monoisotopic (exact) mass is 482 g/mol. The molecule has 0 spiro atoms. The van der Waals surface area contributed by atoms with Gasteiger partial charge in [0.25, 0.3) is 0 Å². The first-order valence-electron chi connectivity index (χ1n) is 9.68. The molecule has 0 aliphatic rings. The Morgan fingerprint density at radius 2 is 1.80 bits per heavy atom. The van der Waals surface area contributed by atoms with Gasteiger partial charge >= 0.3 is 5.97 Å². The number of carboxylic acid groups (broad SMARTS) is 1. The molecule has 0 bridgehead atoms. The van der Waals surface area contributed by atoms with Crippen molar-refractivity contribution in [1.82, 2.24) is 0 Å². The molecule has 0 heterocycles. The van der Waals surface area contributed by atoms with Crippen LogP contribution in [0.1, 0.15) is 23.6 Å². The molecule has 0 amide bonds. The molecule has 1 N–H and O–H groups in total. The van der Waals surface area contributed by atoms with E-state index in [-0.39, 0.29) is 6.61 Å². The number of benzene rings is 3. The normalized spacial score (nSPS) is 11.3. The van der Waals surface area contributed by atoms with E-state index in [4.69, 9.17) is 9.84 Å². The summed E-state index contributed by atoms with van der Waals surface area (Å²) in [5, 5.41) is 8.74. The van der Waals surface area contributed by atoms with Gasteiger partial charge in [-0.25, -0.2) is 4.79 Å². The Bertz CT molecular complexity index is 1030. The van der Waals surface area contributed by atoms with Crippen molar-refractivity contribution in [3.63, 3.8) is 0 Å². The van der Waals surface area contributed by atoms with Crippen molar-refractivity contribution in [1.29, 1.82) is 0 Å². The molecule has 5 heteroatoms. The average molecular weight is 483 g/mol. The van der Waals surface area contributed by atoms with Gasteiger partial charge in [0, 0.05) is 15.1 Å². The fourth-order valence-electron chi connectivity index (χ4n) is 3.03. The molecular formula is C25H23BrO3S. The van der Waals surface area contributed by atoms with Gasteiger partial charge in [-0.3, -0.25) is 0 Å². The first-order chi connectivity index (χ1) is 14.6. The highest BCUT2D eigenvalue weighted by Crippen LogP contribution is 2.32. The van der Waals surface area contributed by atoms with E-state index in [0.29, 0.717) is 5.75 Å². The van der Waals surface area contributed by atoms with Crippen molar-refractivity contribution in [2.75, 3.05) is 12.4 Å². The molecule has 0 aromatic heterocycles. The Kier molecular flexibility index (Phi) is 8.17. The number of carbonyl (C=O) groups is 1. The topological polar surface area (TPSA) is 46.5 Å². The Morgan fingerprint density at radius 3 is 2.50 bits per heavy atom. The Balaban J connectivity index is 1.79. The largest absolute Gasteiger partial charge is 0.482 e. The van der Waals surface area contributed by atoms with Crippen molar-refractivity contribution < 1.29 is 14.6 Å². The number of aliphatic carboxylic acids is 1. The van der Waals surface area contributed by atoms with Crippen molar-refractivity contribution in [3.05, 3.63) is 100 Å². The van der Waals surface area contributed by atoms with E-state index in [9.17, 15) is 4.79 Å². The van der Waals surface area contributed by atoms with Crippen molar-refractivity contribution in [2.24, 2.45) is 0 Å². The van der Waals surface area contributed by atoms with Crippen LogP contribution in [0.3, 0.4) is 0 Å². The summed E-state index contributed by atoms with van der Waals surface area (Å²) < 4.78 is 6.12. The van der Waals surface area contributed by atoms with Gasteiger partial charge in [-0.05, 0) is 62.8 Å². The van der Waals surface area contributed by atoms with Crippen LogP contribution in [0, 0.1) is 0 Å². The fourth-order valence-corrected chi connectivity index (χ4v) is 4.52. The van der Waals surface area contributed by atoms with Gasteiger partial charge in [-0.15, -0.1) is 11.8 Å². The highest BCUT2D eigenvalue weighted by Gasteiger charge is 2.08. The van der Waals surface area contributed by atoms with E-state index in [0.717, 1.165) is 21.5 Å². The van der Waals surface area contributed by atoms with E-state index >= 15 is 0 Å². The van der Waals surface area contributed by atoms with Crippen LogP contribution in [-0.4, -0.2) is 23.4 Å². The van der Waals surface area contributed by atoms with Crippen LogP contribution in [0.2, 0.25) is 0 Å². The second kappa shape index (κ2) is 11.0. The molecule has 3 aromatic carbocycles. The Morgan fingerprint density at radius 1 is 1.03 bits per heavy atom. The van der Waals surface area contributed by atoms with Gasteiger partial charge in [0.2, 0.25) is 0 Å². The first kappa shape index (κ1) is 22.2. The minimum Gasteiger partial charge on any atom is -0.482 e. The summed E-state index contributed by atoms with van der Waals surface area (Å²) >= 11 is 5.27. The summed E-state index contributed by atoms with van der Waals surface area (Å²) in [5.41, 5.74) is 4.96. The summed E-state index contributed by atoms with van der Waals surface area (Å²) in [7, 11) is 0. The van der Waals surface area contributed by atoms with E-state index < -0.39 is 5.97 Å². The number of thioether (sulfide) groups is 1. The summed E-state index contributed by atoms with van der Waals surface area (Å²) in [5.74, 6) is 0.343. The van der Waals surface area contributed by atoms with E-state index in [1.54, 1.807) is 23.9 Å². The lowest BCUT2D eigenvalue weighted by atomic mass is 9.96. The number of rotatable bonds is 9. The van der Waals surface area contributed by atoms with E-state index in [1.807, 2.05) is 12.1 Å². The van der Waals surface area contributed by atoms with Crippen molar-refractivity contribution in [3.8, 4) is 5.75 Å².